The van der Waals surface area contributed by atoms with Crippen molar-refractivity contribution in [3.05, 3.63) is 64.9 Å². The maximum atomic E-state index is 12.4. The smallest absolute Gasteiger partial charge is 0.269 e. The normalized spacial score (nSPS) is 13.7. The Morgan fingerprint density at radius 3 is 2.78 bits per heavy atom. The van der Waals surface area contributed by atoms with Gasteiger partial charge in [-0.1, -0.05) is 29.8 Å². The lowest BCUT2D eigenvalue weighted by atomic mass is 10.1. The molecule has 0 bridgehead atoms. The molecule has 7 heteroatoms. The summed E-state index contributed by atoms with van der Waals surface area (Å²) in [5.41, 5.74) is 2.91. The first-order valence-corrected chi connectivity index (χ1v) is 9.36. The van der Waals surface area contributed by atoms with Gasteiger partial charge in [-0.15, -0.1) is 0 Å². The Morgan fingerprint density at radius 2 is 2.04 bits per heavy atom. The number of anilines is 1. The van der Waals surface area contributed by atoms with Crippen LogP contribution >= 0.6 is 11.6 Å². The fourth-order valence-corrected chi connectivity index (χ4v) is 3.36. The minimum absolute atomic E-state index is 0.209. The second kappa shape index (κ2) is 7.80. The highest BCUT2D eigenvalue weighted by atomic mass is 35.5. The minimum atomic E-state index is -0.209. The molecule has 1 aliphatic rings. The number of aromatic nitrogens is 3. The highest BCUT2D eigenvalue weighted by Gasteiger charge is 2.14. The number of halogens is 1. The van der Waals surface area contributed by atoms with Crippen LogP contribution in [0.2, 0.25) is 5.02 Å². The molecule has 138 valence electrons. The zero-order chi connectivity index (χ0) is 18.6. The van der Waals surface area contributed by atoms with Crippen LogP contribution in [0.15, 0.2) is 48.7 Å². The van der Waals surface area contributed by atoms with Crippen molar-refractivity contribution in [2.24, 2.45) is 0 Å². The third kappa shape index (κ3) is 4.11. The number of nitrogens with zero attached hydrogens (tertiary/aromatic N) is 3. The number of aromatic amines is 1. The first-order chi connectivity index (χ1) is 13.2. The molecule has 27 heavy (non-hydrogen) atoms. The standard InChI is InChI=1S/C20H20ClN5O/c21-16-5-3-4-15(10-16)17-11-18(25-24-17)20(27)23-13-14-6-7-19(22-12-14)26-8-1-2-9-26/h3-7,10-12H,1-2,8-9,13H2,(H,23,27)(H,24,25). The van der Waals surface area contributed by atoms with Gasteiger partial charge in [0.15, 0.2) is 0 Å². The van der Waals surface area contributed by atoms with Gasteiger partial charge in [-0.05, 0) is 42.7 Å². The van der Waals surface area contributed by atoms with Gasteiger partial charge in [0.2, 0.25) is 0 Å². The molecule has 2 aromatic heterocycles. The summed E-state index contributed by atoms with van der Waals surface area (Å²) in [6, 6.07) is 13.1. The van der Waals surface area contributed by atoms with Crippen LogP contribution in [-0.2, 0) is 6.54 Å². The maximum Gasteiger partial charge on any atom is 0.269 e. The summed E-state index contributed by atoms with van der Waals surface area (Å²) in [4.78, 5) is 19.2. The topological polar surface area (TPSA) is 73.9 Å². The Kier molecular flexibility index (Phi) is 5.07. The maximum absolute atomic E-state index is 12.4. The van der Waals surface area contributed by atoms with Crippen LogP contribution in [0.5, 0.6) is 0 Å². The van der Waals surface area contributed by atoms with Gasteiger partial charge in [0.25, 0.3) is 5.91 Å². The van der Waals surface area contributed by atoms with E-state index in [0.717, 1.165) is 30.0 Å². The average Bonchev–Trinajstić information content (AvgIpc) is 3.38. The molecule has 6 nitrogen and oxygen atoms in total. The average molecular weight is 382 g/mol. The number of H-pyrrole nitrogens is 1. The van der Waals surface area contributed by atoms with E-state index in [1.54, 1.807) is 12.1 Å². The van der Waals surface area contributed by atoms with E-state index in [2.05, 4.69) is 25.4 Å². The molecule has 0 radical (unpaired) electrons. The Labute approximate surface area is 162 Å². The first kappa shape index (κ1) is 17.5. The van der Waals surface area contributed by atoms with Crippen molar-refractivity contribution in [2.75, 3.05) is 18.0 Å². The molecule has 0 atom stereocenters. The molecule has 1 amide bonds. The third-order valence-electron chi connectivity index (χ3n) is 4.64. The molecule has 4 rings (SSSR count). The fourth-order valence-electron chi connectivity index (χ4n) is 3.17. The molecule has 0 unspecified atom stereocenters. The summed E-state index contributed by atoms with van der Waals surface area (Å²) >= 11 is 6.01. The molecular weight excluding hydrogens is 362 g/mol. The predicted molar refractivity (Wildman–Crippen MR) is 106 cm³/mol. The Morgan fingerprint density at radius 1 is 1.19 bits per heavy atom. The molecule has 1 aromatic carbocycles. The quantitative estimate of drug-likeness (QED) is 0.707. The summed E-state index contributed by atoms with van der Waals surface area (Å²) < 4.78 is 0. The van der Waals surface area contributed by atoms with Crippen LogP contribution in [0.3, 0.4) is 0 Å². The first-order valence-electron chi connectivity index (χ1n) is 8.98. The van der Waals surface area contributed by atoms with Crippen molar-refractivity contribution in [3.63, 3.8) is 0 Å². The zero-order valence-electron chi connectivity index (χ0n) is 14.8. The van der Waals surface area contributed by atoms with E-state index in [1.165, 1.54) is 12.8 Å². The van der Waals surface area contributed by atoms with E-state index in [0.29, 0.717) is 23.0 Å². The molecule has 0 spiro atoms. The van der Waals surface area contributed by atoms with Gasteiger partial charge >= 0.3 is 0 Å². The molecule has 3 heterocycles. The van der Waals surface area contributed by atoms with Crippen molar-refractivity contribution < 1.29 is 4.79 Å². The highest BCUT2D eigenvalue weighted by molar-refractivity contribution is 6.30. The summed E-state index contributed by atoms with van der Waals surface area (Å²) in [5.74, 6) is 0.793. The van der Waals surface area contributed by atoms with Crippen LogP contribution in [0, 0.1) is 0 Å². The van der Waals surface area contributed by atoms with Gasteiger partial charge in [-0.25, -0.2) is 4.98 Å². The number of hydrogen-bond donors (Lipinski definition) is 2. The third-order valence-corrected chi connectivity index (χ3v) is 4.87. The van der Waals surface area contributed by atoms with Crippen LogP contribution in [0.4, 0.5) is 5.82 Å². The lowest BCUT2D eigenvalue weighted by Crippen LogP contribution is -2.23. The van der Waals surface area contributed by atoms with Crippen LogP contribution in [0.25, 0.3) is 11.3 Å². The van der Waals surface area contributed by atoms with Crippen LogP contribution in [-0.4, -0.2) is 34.2 Å². The van der Waals surface area contributed by atoms with Crippen LogP contribution < -0.4 is 10.2 Å². The number of benzene rings is 1. The number of pyridine rings is 1. The number of nitrogens with one attached hydrogen (secondary N) is 2. The van der Waals surface area contributed by atoms with Gasteiger partial charge in [-0.3, -0.25) is 9.89 Å². The van der Waals surface area contributed by atoms with E-state index in [1.807, 2.05) is 36.5 Å². The minimum Gasteiger partial charge on any atom is -0.357 e. The van der Waals surface area contributed by atoms with E-state index in [-0.39, 0.29) is 5.91 Å². The number of carbonyl (C=O) groups is 1. The molecule has 1 aliphatic heterocycles. The van der Waals surface area contributed by atoms with Crippen molar-refractivity contribution in [2.45, 2.75) is 19.4 Å². The molecule has 2 N–H and O–H groups in total. The fraction of sp³-hybridized carbons (Fsp3) is 0.250. The largest absolute Gasteiger partial charge is 0.357 e. The molecule has 0 aliphatic carbocycles. The lowest BCUT2D eigenvalue weighted by Gasteiger charge is -2.16. The molecule has 0 saturated carbocycles. The molecule has 1 saturated heterocycles. The van der Waals surface area contributed by atoms with Crippen molar-refractivity contribution in [1.29, 1.82) is 0 Å². The summed E-state index contributed by atoms with van der Waals surface area (Å²) in [7, 11) is 0. The van der Waals surface area contributed by atoms with Gasteiger partial charge in [-0.2, -0.15) is 5.10 Å². The number of amides is 1. The Balaban J connectivity index is 1.37. The van der Waals surface area contributed by atoms with Crippen LogP contribution in [0.1, 0.15) is 28.9 Å². The summed E-state index contributed by atoms with van der Waals surface area (Å²) in [6.45, 7) is 2.55. The van der Waals surface area contributed by atoms with Gasteiger partial charge in [0, 0.05) is 36.4 Å². The SMILES string of the molecule is O=C(NCc1ccc(N2CCCC2)nc1)c1cc(-c2cccc(Cl)c2)n[nH]1. The molecule has 3 aromatic rings. The van der Waals surface area contributed by atoms with E-state index < -0.39 is 0 Å². The van der Waals surface area contributed by atoms with Crippen molar-refractivity contribution in [1.82, 2.24) is 20.5 Å². The van der Waals surface area contributed by atoms with Gasteiger partial charge in [0.1, 0.15) is 11.5 Å². The van der Waals surface area contributed by atoms with E-state index in [9.17, 15) is 4.79 Å². The lowest BCUT2D eigenvalue weighted by molar-refractivity contribution is 0.0946. The molecular formula is C20H20ClN5O. The Hall–Kier alpha value is -2.86. The summed E-state index contributed by atoms with van der Waals surface area (Å²) in [6.07, 6.45) is 4.26. The zero-order valence-corrected chi connectivity index (χ0v) is 15.5. The second-order valence-corrected chi connectivity index (χ2v) is 7.02. The number of rotatable bonds is 5. The monoisotopic (exact) mass is 381 g/mol. The second-order valence-electron chi connectivity index (χ2n) is 6.58. The Bertz CT molecular complexity index is 932. The van der Waals surface area contributed by atoms with E-state index >= 15 is 0 Å². The van der Waals surface area contributed by atoms with Gasteiger partial charge < -0.3 is 10.2 Å². The van der Waals surface area contributed by atoms with Crippen molar-refractivity contribution >= 4 is 23.3 Å². The van der Waals surface area contributed by atoms with E-state index in [4.69, 9.17) is 11.6 Å². The molecule has 1 fully saturated rings. The van der Waals surface area contributed by atoms with Crippen molar-refractivity contribution in [3.8, 4) is 11.3 Å². The number of carbonyl (C=O) groups excluding carboxylic acids is 1. The number of hydrogen-bond acceptors (Lipinski definition) is 4. The van der Waals surface area contributed by atoms with Gasteiger partial charge in [0.05, 0.1) is 5.69 Å². The summed E-state index contributed by atoms with van der Waals surface area (Å²) in [5, 5.41) is 10.5. The predicted octanol–water partition coefficient (Wildman–Crippen LogP) is 3.66. The highest BCUT2D eigenvalue weighted by Crippen LogP contribution is 2.21.